The lowest BCUT2D eigenvalue weighted by atomic mass is 10.2. The summed E-state index contributed by atoms with van der Waals surface area (Å²) in [6, 6.07) is 3.47. The molecule has 1 aromatic heterocycles. The van der Waals surface area contributed by atoms with Gasteiger partial charge < -0.3 is 0 Å². The van der Waals surface area contributed by atoms with Crippen molar-refractivity contribution in [2.24, 2.45) is 0 Å². The van der Waals surface area contributed by atoms with Crippen LogP contribution >= 0.6 is 15.9 Å². The van der Waals surface area contributed by atoms with Crippen LogP contribution in [0.3, 0.4) is 0 Å². The first-order valence-electron chi connectivity index (χ1n) is 4.84. The van der Waals surface area contributed by atoms with Gasteiger partial charge in [0.25, 0.3) is 5.91 Å². The summed E-state index contributed by atoms with van der Waals surface area (Å²) in [6.07, 6.45) is 3.64. The van der Waals surface area contributed by atoms with Gasteiger partial charge in [-0.15, -0.1) is 0 Å². The normalized spacial score (nSPS) is 16.5. The Morgan fingerprint density at radius 2 is 2.40 bits per heavy atom. The molecule has 1 fully saturated rings. The van der Waals surface area contributed by atoms with Crippen molar-refractivity contribution < 1.29 is 9.63 Å². The number of nitrogens with zero attached hydrogens (tertiary/aromatic N) is 2. The minimum atomic E-state index is -0.130. The van der Waals surface area contributed by atoms with Gasteiger partial charge in [0.1, 0.15) is 4.60 Å². The van der Waals surface area contributed by atoms with Crippen LogP contribution in [0.1, 0.15) is 23.2 Å². The van der Waals surface area contributed by atoms with Crippen LogP contribution in [0, 0.1) is 0 Å². The third kappa shape index (κ3) is 2.35. The fourth-order valence-electron chi connectivity index (χ4n) is 1.44. The largest absolute Gasteiger partial charge is 0.280 e. The predicted octanol–water partition coefficient (Wildman–Crippen LogP) is 2.01. The number of amides is 1. The standard InChI is InChI=1S/C10H11BrN2O2/c11-9-8(4-3-5-12-9)10(14)13-6-1-2-7-15-13/h3-5H,1-2,6-7H2. The van der Waals surface area contributed by atoms with E-state index in [2.05, 4.69) is 20.9 Å². The van der Waals surface area contributed by atoms with Gasteiger partial charge in [-0.1, -0.05) is 0 Å². The molecule has 1 amide bonds. The minimum absolute atomic E-state index is 0.130. The third-order valence-corrected chi connectivity index (χ3v) is 2.85. The number of carbonyl (C=O) groups is 1. The van der Waals surface area contributed by atoms with Gasteiger partial charge >= 0.3 is 0 Å². The van der Waals surface area contributed by atoms with Crippen LogP contribution in [0.25, 0.3) is 0 Å². The number of hydroxylamine groups is 2. The highest BCUT2D eigenvalue weighted by atomic mass is 79.9. The van der Waals surface area contributed by atoms with Gasteiger partial charge in [0.05, 0.1) is 12.2 Å². The van der Waals surface area contributed by atoms with Crippen LogP contribution in [0.2, 0.25) is 0 Å². The summed E-state index contributed by atoms with van der Waals surface area (Å²) in [5.74, 6) is -0.130. The Morgan fingerprint density at radius 3 is 3.07 bits per heavy atom. The van der Waals surface area contributed by atoms with Gasteiger partial charge in [0.15, 0.2) is 0 Å². The first-order chi connectivity index (χ1) is 7.29. The molecule has 0 aromatic carbocycles. The fraction of sp³-hybridized carbons (Fsp3) is 0.400. The maximum atomic E-state index is 12.0. The molecule has 0 aliphatic carbocycles. The Morgan fingerprint density at radius 1 is 1.53 bits per heavy atom. The Balaban J connectivity index is 2.16. The average molecular weight is 271 g/mol. The minimum Gasteiger partial charge on any atom is -0.271 e. The lowest BCUT2D eigenvalue weighted by Crippen LogP contribution is -2.35. The quantitative estimate of drug-likeness (QED) is 0.734. The molecule has 0 spiro atoms. The highest BCUT2D eigenvalue weighted by Crippen LogP contribution is 2.17. The average Bonchev–Trinajstić information content (AvgIpc) is 2.30. The summed E-state index contributed by atoms with van der Waals surface area (Å²) in [4.78, 5) is 21.2. The zero-order valence-electron chi connectivity index (χ0n) is 8.15. The Kier molecular flexibility index (Phi) is 3.33. The number of hydrogen-bond acceptors (Lipinski definition) is 3. The van der Waals surface area contributed by atoms with Crippen LogP contribution in [-0.4, -0.2) is 29.1 Å². The molecule has 0 bridgehead atoms. The molecule has 0 N–H and O–H groups in total. The molecular formula is C10H11BrN2O2. The second-order valence-corrected chi connectivity index (χ2v) is 4.04. The van der Waals surface area contributed by atoms with Crippen LogP contribution in [0.15, 0.2) is 22.9 Å². The maximum Gasteiger partial charge on any atom is 0.280 e. The van der Waals surface area contributed by atoms with Crippen molar-refractivity contribution in [3.63, 3.8) is 0 Å². The molecule has 0 radical (unpaired) electrons. The van der Waals surface area contributed by atoms with Crippen molar-refractivity contribution in [1.29, 1.82) is 0 Å². The lowest BCUT2D eigenvalue weighted by molar-refractivity contribution is -0.144. The molecule has 4 nitrogen and oxygen atoms in total. The van der Waals surface area contributed by atoms with E-state index in [1.165, 1.54) is 5.06 Å². The van der Waals surface area contributed by atoms with Gasteiger partial charge in [-0.3, -0.25) is 9.63 Å². The Hall–Kier alpha value is -0.940. The molecule has 2 rings (SSSR count). The molecule has 1 aliphatic rings. The van der Waals surface area contributed by atoms with E-state index < -0.39 is 0 Å². The summed E-state index contributed by atoms with van der Waals surface area (Å²) in [7, 11) is 0. The summed E-state index contributed by atoms with van der Waals surface area (Å²) in [6.45, 7) is 1.27. The van der Waals surface area contributed by atoms with Crippen molar-refractivity contribution in [3.05, 3.63) is 28.5 Å². The van der Waals surface area contributed by atoms with Crippen molar-refractivity contribution >= 4 is 21.8 Å². The van der Waals surface area contributed by atoms with Crippen LogP contribution in [0.5, 0.6) is 0 Å². The molecular weight excluding hydrogens is 260 g/mol. The van der Waals surface area contributed by atoms with E-state index in [4.69, 9.17) is 4.84 Å². The van der Waals surface area contributed by atoms with Crippen LogP contribution in [-0.2, 0) is 4.84 Å². The molecule has 5 heteroatoms. The molecule has 2 heterocycles. The number of rotatable bonds is 1. The van der Waals surface area contributed by atoms with E-state index >= 15 is 0 Å². The van der Waals surface area contributed by atoms with Crippen molar-refractivity contribution in [2.75, 3.05) is 13.2 Å². The van der Waals surface area contributed by atoms with Gasteiger partial charge in [-0.05, 0) is 40.9 Å². The lowest BCUT2D eigenvalue weighted by Gasteiger charge is -2.25. The molecule has 80 valence electrons. The zero-order chi connectivity index (χ0) is 10.7. The van der Waals surface area contributed by atoms with E-state index in [-0.39, 0.29) is 5.91 Å². The molecule has 1 aliphatic heterocycles. The third-order valence-electron chi connectivity index (χ3n) is 2.22. The summed E-state index contributed by atoms with van der Waals surface area (Å²) in [5.41, 5.74) is 0.541. The fourth-order valence-corrected chi connectivity index (χ4v) is 1.86. The van der Waals surface area contributed by atoms with E-state index in [1.54, 1.807) is 18.3 Å². The molecule has 1 aromatic rings. The predicted molar refractivity (Wildman–Crippen MR) is 58.2 cm³/mol. The van der Waals surface area contributed by atoms with E-state index in [0.29, 0.717) is 23.3 Å². The highest BCUT2D eigenvalue weighted by Gasteiger charge is 2.21. The first-order valence-corrected chi connectivity index (χ1v) is 5.63. The smallest absolute Gasteiger partial charge is 0.271 e. The van der Waals surface area contributed by atoms with Crippen LogP contribution in [0.4, 0.5) is 0 Å². The van der Waals surface area contributed by atoms with Gasteiger partial charge in [-0.2, -0.15) is 0 Å². The second kappa shape index (κ2) is 4.72. The topological polar surface area (TPSA) is 42.4 Å². The molecule has 0 unspecified atom stereocenters. The molecule has 1 saturated heterocycles. The van der Waals surface area contributed by atoms with Gasteiger partial charge in [0.2, 0.25) is 0 Å². The van der Waals surface area contributed by atoms with Crippen LogP contribution < -0.4 is 0 Å². The monoisotopic (exact) mass is 270 g/mol. The molecule has 15 heavy (non-hydrogen) atoms. The second-order valence-electron chi connectivity index (χ2n) is 3.29. The number of halogens is 1. The summed E-state index contributed by atoms with van der Waals surface area (Å²) < 4.78 is 0.559. The zero-order valence-corrected chi connectivity index (χ0v) is 9.74. The van der Waals surface area contributed by atoms with E-state index in [9.17, 15) is 4.79 Å². The number of carbonyl (C=O) groups excluding carboxylic acids is 1. The van der Waals surface area contributed by atoms with Gasteiger partial charge in [-0.25, -0.2) is 10.0 Å². The SMILES string of the molecule is O=C(c1cccnc1Br)N1CCCCO1. The number of aromatic nitrogens is 1. The summed E-state index contributed by atoms with van der Waals surface area (Å²) >= 11 is 3.25. The first kappa shape index (κ1) is 10.6. The molecule has 0 atom stereocenters. The number of hydrogen-bond donors (Lipinski definition) is 0. The van der Waals surface area contributed by atoms with Crippen molar-refractivity contribution in [1.82, 2.24) is 10.0 Å². The maximum absolute atomic E-state index is 12.0. The van der Waals surface area contributed by atoms with E-state index in [0.717, 1.165) is 12.8 Å². The Bertz CT molecular complexity index is 364. The van der Waals surface area contributed by atoms with Crippen molar-refractivity contribution in [2.45, 2.75) is 12.8 Å². The van der Waals surface area contributed by atoms with Crippen molar-refractivity contribution in [3.8, 4) is 0 Å². The highest BCUT2D eigenvalue weighted by molar-refractivity contribution is 9.10. The summed E-state index contributed by atoms with van der Waals surface area (Å²) in [5, 5.41) is 1.41. The van der Waals surface area contributed by atoms with E-state index in [1.807, 2.05) is 0 Å². The molecule has 0 saturated carbocycles. The Labute approximate surface area is 96.3 Å². The number of pyridine rings is 1. The van der Waals surface area contributed by atoms with Gasteiger partial charge in [0, 0.05) is 12.7 Å².